The topological polar surface area (TPSA) is 141 Å². The predicted molar refractivity (Wildman–Crippen MR) is 139 cm³/mol. The molecule has 37 heavy (non-hydrogen) atoms. The Hall–Kier alpha value is -0.580. The fourth-order valence-corrected chi connectivity index (χ4v) is 10.1. The highest BCUT2D eigenvalue weighted by Crippen LogP contribution is 2.68. The molecular formula is C28H48O8S. The standard InChI is InChI=1S/C28H48O8S/c1-14(2)15(3)25(32)26(36-37(33,34)35)16(4)18-7-8-19-17-11-22(29)21-12-23(30)24(31)13-28(21,6)20(17)9-10-27(18,19)5/h14-21,23-26,30-32H,7-13H2,1-6H3,(H,33,34,35)/t15-,16-,17-,18+,19-,20-,21+,23-,24+,25+,26+,27+,28+/m0/s1. The van der Waals surface area contributed by atoms with E-state index in [-0.39, 0.29) is 58.0 Å². The third-order valence-corrected chi connectivity index (χ3v) is 12.3. The number of carbonyl (C=O) groups is 1. The first-order valence-corrected chi connectivity index (χ1v) is 15.6. The Morgan fingerprint density at radius 1 is 0.973 bits per heavy atom. The van der Waals surface area contributed by atoms with Crippen molar-refractivity contribution in [2.45, 2.75) is 111 Å². The average molecular weight is 545 g/mol. The summed E-state index contributed by atoms with van der Waals surface area (Å²) in [6.45, 7) is 12.1. The van der Waals surface area contributed by atoms with Crippen molar-refractivity contribution in [2.24, 2.45) is 58.2 Å². The van der Waals surface area contributed by atoms with E-state index in [1.54, 1.807) is 0 Å². The molecule has 0 spiro atoms. The second-order valence-corrected chi connectivity index (χ2v) is 14.9. The quantitative estimate of drug-likeness (QED) is 0.356. The van der Waals surface area contributed by atoms with Crippen LogP contribution in [-0.2, 0) is 19.4 Å². The zero-order chi connectivity index (χ0) is 27.7. The first kappa shape index (κ1) is 29.4. The van der Waals surface area contributed by atoms with Gasteiger partial charge in [0.25, 0.3) is 0 Å². The van der Waals surface area contributed by atoms with E-state index in [9.17, 15) is 33.1 Å². The monoisotopic (exact) mass is 544 g/mol. The first-order chi connectivity index (χ1) is 17.0. The van der Waals surface area contributed by atoms with Gasteiger partial charge in [0.2, 0.25) is 0 Å². The van der Waals surface area contributed by atoms with Gasteiger partial charge in [-0.2, -0.15) is 8.42 Å². The molecule has 4 saturated carbocycles. The Labute approximate surface area is 222 Å². The van der Waals surface area contributed by atoms with Crippen molar-refractivity contribution in [3.8, 4) is 0 Å². The van der Waals surface area contributed by atoms with Crippen molar-refractivity contribution in [1.82, 2.24) is 0 Å². The van der Waals surface area contributed by atoms with Gasteiger partial charge in [0.1, 0.15) is 11.9 Å². The maximum atomic E-state index is 13.4. The number of aliphatic hydroxyl groups excluding tert-OH is 3. The number of Topliss-reactive ketones (excluding diaryl/α,β-unsaturated/α-hetero) is 1. The predicted octanol–water partition coefficient (Wildman–Crippen LogP) is 3.63. The molecule has 4 rings (SSSR count). The highest BCUT2D eigenvalue weighted by Gasteiger charge is 2.64. The molecule has 0 radical (unpaired) electrons. The van der Waals surface area contributed by atoms with E-state index in [0.717, 1.165) is 25.7 Å². The number of hydrogen-bond donors (Lipinski definition) is 4. The van der Waals surface area contributed by atoms with Gasteiger partial charge in [0, 0.05) is 12.3 Å². The average Bonchev–Trinajstić information content (AvgIpc) is 3.14. The molecule has 8 nitrogen and oxygen atoms in total. The SMILES string of the molecule is CC(C)[C@H](C)[C@@H](O)[C@H](OS(=O)(=O)O)[C@@H](C)[C@H]1CC[C@H]2[C@@H]3CC(=O)[C@H]4C[C@H](O)[C@H](O)C[C@]4(C)[C@H]3CC[C@]12C. The van der Waals surface area contributed by atoms with E-state index < -0.39 is 34.8 Å². The smallest absolute Gasteiger partial charge is 0.390 e. The van der Waals surface area contributed by atoms with Gasteiger partial charge in [-0.15, -0.1) is 0 Å². The minimum atomic E-state index is -4.76. The molecule has 4 N–H and O–H groups in total. The summed E-state index contributed by atoms with van der Waals surface area (Å²) >= 11 is 0. The minimum Gasteiger partial charge on any atom is -0.390 e. The Bertz CT molecular complexity index is 967. The first-order valence-electron chi connectivity index (χ1n) is 14.2. The molecule has 4 aliphatic carbocycles. The van der Waals surface area contributed by atoms with Crippen molar-refractivity contribution in [1.29, 1.82) is 0 Å². The molecular weight excluding hydrogens is 496 g/mol. The Kier molecular flexibility index (Phi) is 8.04. The summed E-state index contributed by atoms with van der Waals surface area (Å²) in [5.74, 6) is 0.359. The molecule has 4 aliphatic rings. The van der Waals surface area contributed by atoms with E-state index in [1.165, 1.54) is 0 Å². The van der Waals surface area contributed by atoms with Gasteiger partial charge in [-0.25, -0.2) is 4.18 Å². The summed E-state index contributed by atoms with van der Waals surface area (Å²) < 4.78 is 38.4. The van der Waals surface area contributed by atoms with Crippen LogP contribution in [0.15, 0.2) is 0 Å². The van der Waals surface area contributed by atoms with Crippen molar-refractivity contribution in [3.63, 3.8) is 0 Å². The fourth-order valence-electron chi connectivity index (χ4n) is 9.49. The Balaban J connectivity index is 1.61. The van der Waals surface area contributed by atoms with Crippen LogP contribution in [0.3, 0.4) is 0 Å². The number of fused-ring (bicyclic) bond motifs is 5. The number of carbonyl (C=O) groups excluding carboxylic acids is 1. The van der Waals surface area contributed by atoms with Crippen molar-refractivity contribution in [2.75, 3.05) is 0 Å². The molecule has 0 unspecified atom stereocenters. The van der Waals surface area contributed by atoms with Crippen LogP contribution in [0.5, 0.6) is 0 Å². The molecule has 0 saturated heterocycles. The lowest BCUT2D eigenvalue weighted by atomic mass is 9.44. The molecule has 4 fully saturated rings. The van der Waals surface area contributed by atoms with Gasteiger partial charge in [0.15, 0.2) is 0 Å². The molecule has 0 aromatic carbocycles. The van der Waals surface area contributed by atoms with Crippen LogP contribution in [0.25, 0.3) is 0 Å². The highest BCUT2D eigenvalue weighted by atomic mass is 32.3. The maximum absolute atomic E-state index is 13.4. The third kappa shape index (κ3) is 5.06. The lowest BCUT2D eigenvalue weighted by molar-refractivity contribution is -0.174. The van der Waals surface area contributed by atoms with Crippen LogP contribution in [0.2, 0.25) is 0 Å². The molecule has 9 heteroatoms. The fraction of sp³-hybridized carbons (Fsp3) is 0.964. The van der Waals surface area contributed by atoms with Gasteiger partial charge in [0.05, 0.1) is 18.3 Å². The number of ketones is 1. The van der Waals surface area contributed by atoms with E-state index in [1.807, 2.05) is 27.7 Å². The minimum absolute atomic E-state index is 0.0682. The zero-order valence-corrected chi connectivity index (χ0v) is 24.0. The largest absolute Gasteiger partial charge is 0.397 e. The van der Waals surface area contributed by atoms with Crippen molar-refractivity contribution < 1.29 is 37.3 Å². The normalized spacial score (nSPS) is 45.5. The van der Waals surface area contributed by atoms with Gasteiger partial charge < -0.3 is 15.3 Å². The Morgan fingerprint density at radius 3 is 2.19 bits per heavy atom. The molecule has 0 bridgehead atoms. The Morgan fingerprint density at radius 2 is 1.59 bits per heavy atom. The summed E-state index contributed by atoms with van der Waals surface area (Å²) in [4.78, 5) is 13.4. The molecule has 0 aromatic heterocycles. The van der Waals surface area contributed by atoms with Crippen LogP contribution in [0.1, 0.15) is 86.5 Å². The summed E-state index contributed by atoms with van der Waals surface area (Å²) in [5.41, 5.74) is -0.484. The van der Waals surface area contributed by atoms with E-state index in [0.29, 0.717) is 25.2 Å². The van der Waals surface area contributed by atoms with Gasteiger partial charge in [-0.05, 0) is 90.8 Å². The van der Waals surface area contributed by atoms with Crippen molar-refractivity contribution in [3.05, 3.63) is 0 Å². The number of rotatable bonds is 7. The van der Waals surface area contributed by atoms with Crippen LogP contribution >= 0.6 is 0 Å². The van der Waals surface area contributed by atoms with Crippen LogP contribution in [-0.4, -0.2) is 58.5 Å². The number of aliphatic hydroxyl groups is 3. The van der Waals surface area contributed by atoms with Gasteiger partial charge in [-0.3, -0.25) is 9.35 Å². The van der Waals surface area contributed by atoms with Crippen LogP contribution in [0, 0.1) is 58.2 Å². The summed E-state index contributed by atoms with van der Waals surface area (Å²) in [5, 5.41) is 32.0. The third-order valence-electron chi connectivity index (χ3n) is 11.9. The molecule has 0 amide bonds. The van der Waals surface area contributed by atoms with Crippen LogP contribution < -0.4 is 0 Å². The molecule has 214 valence electrons. The highest BCUT2D eigenvalue weighted by molar-refractivity contribution is 7.80. The summed E-state index contributed by atoms with van der Waals surface area (Å²) in [6, 6.07) is 0. The lowest BCUT2D eigenvalue weighted by Crippen LogP contribution is -2.59. The maximum Gasteiger partial charge on any atom is 0.397 e. The second-order valence-electron chi connectivity index (χ2n) is 13.8. The molecule has 0 heterocycles. The molecule has 0 aromatic rings. The van der Waals surface area contributed by atoms with Crippen molar-refractivity contribution >= 4 is 16.2 Å². The zero-order valence-electron chi connectivity index (χ0n) is 23.2. The van der Waals surface area contributed by atoms with Gasteiger partial charge in [-0.1, -0.05) is 41.5 Å². The lowest BCUT2D eigenvalue weighted by Gasteiger charge is -2.61. The summed E-state index contributed by atoms with van der Waals surface area (Å²) in [7, 11) is -4.76. The summed E-state index contributed by atoms with van der Waals surface area (Å²) in [6.07, 6.45) is 1.10. The molecule has 0 aliphatic heterocycles. The van der Waals surface area contributed by atoms with Gasteiger partial charge >= 0.3 is 10.4 Å². The van der Waals surface area contributed by atoms with E-state index in [2.05, 4.69) is 13.8 Å². The molecule has 13 atom stereocenters. The number of hydrogen-bond acceptors (Lipinski definition) is 7. The second kappa shape index (κ2) is 10.1. The van der Waals surface area contributed by atoms with E-state index in [4.69, 9.17) is 4.18 Å². The van der Waals surface area contributed by atoms with E-state index >= 15 is 0 Å². The van der Waals surface area contributed by atoms with Crippen LogP contribution in [0.4, 0.5) is 0 Å².